The number of benzene rings is 2. The maximum Gasteiger partial charge on any atom is 0.335 e. The lowest BCUT2D eigenvalue weighted by Gasteiger charge is -2.30. The van der Waals surface area contributed by atoms with E-state index in [-0.39, 0.29) is 0 Å². The van der Waals surface area contributed by atoms with Gasteiger partial charge in [-0.2, -0.15) is 0 Å². The third kappa shape index (κ3) is 6.08. The number of nitrogens with one attached hydrogen (secondary N) is 2. The van der Waals surface area contributed by atoms with Crippen LogP contribution in [-0.2, 0) is 6.54 Å². The van der Waals surface area contributed by atoms with Gasteiger partial charge in [0.2, 0.25) is 0 Å². The highest BCUT2D eigenvalue weighted by Crippen LogP contribution is 2.42. The van der Waals surface area contributed by atoms with E-state index in [9.17, 15) is 4.79 Å². The van der Waals surface area contributed by atoms with Crippen molar-refractivity contribution >= 4 is 12.0 Å². The molecule has 2 fully saturated rings. The number of hydrogen-bond donors (Lipinski definition) is 3. The molecule has 32 heavy (non-hydrogen) atoms. The molecule has 0 bridgehead atoms. The van der Waals surface area contributed by atoms with Crippen LogP contribution in [0.3, 0.4) is 0 Å². The molecule has 0 heterocycles. The Kier molecular flexibility index (Phi) is 7.44. The van der Waals surface area contributed by atoms with E-state index in [1.54, 1.807) is 17.7 Å². The van der Waals surface area contributed by atoms with Crippen molar-refractivity contribution in [3.63, 3.8) is 0 Å². The van der Waals surface area contributed by atoms with Gasteiger partial charge in [-0.3, -0.25) is 0 Å². The Bertz CT molecular complexity index is 912. The fourth-order valence-electron chi connectivity index (χ4n) is 4.99. The Morgan fingerprint density at radius 3 is 2.28 bits per heavy atom. The van der Waals surface area contributed by atoms with Gasteiger partial charge < -0.3 is 15.7 Å². The van der Waals surface area contributed by atoms with Crippen LogP contribution in [0.15, 0.2) is 60.2 Å². The molecule has 0 aliphatic heterocycles. The van der Waals surface area contributed by atoms with Crippen molar-refractivity contribution in [1.82, 2.24) is 10.6 Å². The van der Waals surface area contributed by atoms with Crippen LogP contribution in [0.5, 0.6) is 0 Å². The van der Waals surface area contributed by atoms with E-state index < -0.39 is 5.97 Å². The molecule has 0 aromatic heterocycles. The van der Waals surface area contributed by atoms with E-state index in [1.807, 2.05) is 12.1 Å². The van der Waals surface area contributed by atoms with Gasteiger partial charge in [0.05, 0.1) is 5.56 Å². The van der Waals surface area contributed by atoms with E-state index in [1.165, 1.54) is 37.7 Å². The largest absolute Gasteiger partial charge is 0.478 e. The zero-order valence-corrected chi connectivity index (χ0v) is 19.3. The molecule has 2 atom stereocenters. The zero-order chi connectivity index (χ0) is 22.5. The number of carbonyl (C=O) groups is 1. The molecule has 4 heteroatoms. The molecule has 4 rings (SSSR count). The average Bonchev–Trinajstić information content (AvgIpc) is 3.56. The molecule has 170 valence electrons. The van der Waals surface area contributed by atoms with Gasteiger partial charge in [-0.05, 0) is 67.2 Å². The Labute approximate surface area is 192 Å². The van der Waals surface area contributed by atoms with Crippen LogP contribution < -0.4 is 10.6 Å². The molecule has 4 nitrogen and oxygen atoms in total. The smallest absolute Gasteiger partial charge is 0.335 e. The minimum Gasteiger partial charge on any atom is -0.478 e. The summed E-state index contributed by atoms with van der Waals surface area (Å²) in [7, 11) is 0. The van der Waals surface area contributed by atoms with Gasteiger partial charge in [0.25, 0.3) is 0 Å². The van der Waals surface area contributed by atoms with Crippen molar-refractivity contribution in [3.8, 4) is 0 Å². The van der Waals surface area contributed by atoms with Crippen LogP contribution in [0.25, 0.3) is 6.08 Å². The van der Waals surface area contributed by atoms with Gasteiger partial charge >= 0.3 is 5.97 Å². The quantitative estimate of drug-likeness (QED) is 0.489. The molecule has 1 unspecified atom stereocenters. The van der Waals surface area contributed by atoms with Gasteiger partial charge in [-0.15, -0.1) is 0 Å². The van der Waals surface area contributed by atoms with Crippen molar-refractivity contribution in [1.29, 1.82) is 0 Å². The number of aromatic carboxylic acids is 1. The lowest BCUT2D eigenvalue weighted by atomic mass is 9.90. The highest BCUT2D eigenvalue weighted by atomic mass is 16.4. The lowest BCUT2D eigenvalue weighted by Crippen LogP contribution is -2.41. The van der Waals surface area contributed by atoms with Crippen LogP contribution >= 0.6 is 0 Å². The summed E-state index contributed by atoms with van der Waals surface area (Å²) in [6.07, 6.45) is 8.50. The second-order valence-corrected chi connectivity index (χ2v) is 9.76. The molecule has 2 aromatic carbocycles. The number of rotatable bonds is 9. The summed E-state index contributed by atoms with van der Waals surface area (Å²) in [6.45, 7) is 5.43. The normalized spacial score (nSPS) is 25.7. The Hall–Kier alpha value is -2.43. The minimum absolute atomic E-state index is 0.345. The summed E-state index contributed by atoms with van der Waals surface area (Å²) in [5.41, 5.74) is 4.38. The first-order chi connectivity index (χ1) is 15.5. The molecule has 0 radical (unpaired) electrons. The second-order valence-electron chi connectivity index (χ2n) is 9.76. The SMILES string of the molecule is CC(C)C(=Cc1ccccc1)C1C[C@@H]1NC1CCC(NCc2ccc(C(=O)O)cc2)CC1. The van der Waals surface area contributed by atoms with Crippen molar-refractivity contribution in [2.24, 2.45) is 11.8 Å². The van der Waals surface area contributed by atoms with E-state index >= 15 is 0 Å². The Morgan fingerprint density at radius 2 is 1.66 bits per heavy atom. The summed E-state index contributed by atoms with van der Waals surface area (Å²) >= 11 is 0. The third-order valence-corrected chi connectivity index (χ3v) is 6.99. The molecule has 2 aromatic rings. The van der Waals surface area contributed by atoms with Crippen LogP contribution in [0, 0.1) is 11.8 Å². The van der Waals surface area contributed by atoms with Gasteiger partial charge in [0.15, 0.2) is 0 Å². The minimum atomic E-state index is -0.871. The van der Waals surface area contributed by atoms with E-state index in [0.717, 1.165) is 12.1 Å². The standard InChI is InChI=1S/C28H36N2O2/c1-19(2)25(16-20-6-4-3-5-7-20)26-17-27(26)30-24-14-12-23(13-15-24)29-18-21-8-10-22(11-9-21)28(31)32/h3-11,16,19,23-24,26-27,29-30H,12-15,17-18H2,1-2H3,(H,31,32)/t23?,24?,26?,27-/m0/s1. The molecule has 0 spiro atoms. The molecule has 3 N–H and O–H groups in total. The number of hydrogen-bond acceptors (Lipinski definition) is 3. The first-order valence-corrected chi connectivity index (χ1v) is 12.1. The van der Waals surface area contributed by atoms with E-state index in [4.69, 9.17) is 5.11 Å². The van der Waals surface area contributed by atoms with Gasteiger partial charge in [-0.1, -0.05) is 68.0 Å². The fourth-order valence-corrected chi connectivity index (χ4v) is 4.99. The summed E-state index contributed by atoms with van der Waals surface area (Å²) in [5.74, 6) is 0.389. The van der Waals surface area contributed by atoms with Crippen LogP contribution in [0.2, 0.25) is 0 Å². The predicted octanol–water partition coefficient (Wildman–Crippen LogP) is 5.50. The summed E-state index contributed by atoms with van der Waals surface area (Å²) in [4.78, 5) is 11.0. The van der Waals surface area contributed by atoms with Crippen molar-refractivity contribution in [2.45, 2.75) is 70.6 Å². The first kappa shape index (κ1) is 22.8. The molecule has 2 saturated carbocycles. The van der Waals surface area contributed by atoms with Crippen molar-refractivity contribution in [3.05, 3.63) is 76.9 Å². The molecule has 0 saturated heterocycles. The molecular weight excluding hydrogens is 396 g/mol. The second kappa shape index (κ2) is 10.5. The van der Waals surface area contributed by atoms with Crippen LogP contribution in [0.1, 0.15) is 67.4 Å². The van der Waals surface area contributed by atoms with Gasteiger partial charge in [0.1, 0.15) is 0 Å². The molecule has 0 amide bonds. The van der Waals surface area contributed by atoms with Crippen molar-refractivity contribution in [2.75, 3.05) is 0 Å². The molecule has 2 aliphatic carbocycles. The third-order valence-electron chi connectivity index (χ3n) is 6.99. The van der Waals surface area contributed by atoms with Crippen LogP contribution in [-0.4, -0.2) is 29.2 Å². The maximum absolute atomic E-state index is 11.0. The summed E-state index contributed by atoms with van der Waals surface area (Å²) in [6, 6.07) is 19.7. The van der Waals surface area contributed by atoms with Gasteiger partial charge in [0, 0.05) is 24.7 Å². The fraction of sp³-hybridized carbons (Fsp3) is 0.464. The monoisotopic (exact) mass is 432 g/mol. The first-order valence-electron chi connectivity index (χ1n) is 12.1. The predicted molar refractivity (Wildman–Crippen MR) is 131 cm³/mol. The maximum atomic E-state index is 11.0. The molecular formula is C28H36N2O2. The van der Waals surface area contributed by atoms with E-state index in [2.05, 4.69) is 60.9 Å². The molecule has 2 aliphatic rings. The van der Waals surface area contributed by atoms with Gasteiger partial charge in [-0.25, -0.2) is 4.79 Å². The van der Waals surface area contributed by atoms with E-state index in [0.29, 0.717) is 35.5 Å². The highest BCUT2D eigenvalue weighted by molar-refractivity contribution is 5.87. The Balaban J connectivity index is 1.21. The lowest BCUT2D eigenvalue weighted by molar-refractivity contribution is 0.0697. The average molecular weight is 433 g/mol. The zero-order valence-electron chi connectivity index (χ0n) is 19.3. The van der Waals surface area contributed by atoms with Crippen LogP contribution in [0.4, 0.5) is 0 Å². The highest BCUT2D eigenvalue weighted by Gasteiger charge is 2.41. The van der Waals surface area contributed by atoms with Crippen molar-refractivity contribution < 1.29 is 9.90 Å². The Morgan fingerprint density at radius 1 is 1.00 bits per heavy atom. The number of carboxylic acids is 1. The number of carboxylic acid groups (broad SMARTS) is 1. The summed E-state index contributed by atoms with van der Waals surface area (Å²) in [5, 5.41) is 16.6. The summed E-state index contributed by atoms with van der Waals surface area (Å²) < 4.78 is 0. The topological polar surface area (TPSA) is 61.4 Å².